The molecule has 0 aliphatic carbocycles. The summed E-state index contributed by atoms with van der Waals surface area (Å²) in [5.41, 5.74) is 0.00587. The van der Waals surface area contributed by atoms with Crippen molar-refractivity contribution >= 4 is 5.91 Å². The van der Waals surface area contributed by atoms with Crippen molar-refractivity contribution in [3.63, 3.8) is 0 Å². The first kappa shape index (κ1) is 17.5. The van der Waals surface area contributed by atoms with Gasteiger partial charge >= 0.3 is 6.18 Å². The summed E-state index contributed by atoms with van der Waals surface area (Å²) in [6.45, 7) is 2.90. The molecule has 0 spiro atoms. The van der Waals surface area contributed by atoms with Crippen LogP contribution in [0.15, 0.2) is 30.3 Å². The van der Waals surface area contributed by atoms with Gasteiger partial charge in [0, 0.05) is 24.2 Å². The molecule has 1 aliphatic heterocycles. The second-order valence-electron chi connectivity index (χ2n) is 6.39. The van der Waals surface area contributed by atoms with Crippen molar-refractivity contribution in [2.45, 2.75) is 32.0 Å². The van der Waals surface area contributed by atoms with E-state index in [1.807, 2.05) is 19.9 Å². The van der Waals surface area contributed by atoms with Crippen LogP contribution in [0, 0.1) is 13.8 Å². The molecule has 1 aromatic heterocycles. The maximum absolute atomic E-state index is 12.9. The number of aromatic nitrogens is 2. The Kier molecular flexibility index (Phi) is 4.10. The zero-order valence-electron chi connectivity index (χ0n) is 13.8. The third kappa shape index (κ3) is 3.13. The van der Waals surface area contributed by atoms with Crippen LogP contribution in [0.25, 0.3) is 5.69 Å². The Morgan fingerprint density at radius 2 is 1.88 bits per heavy atom. The predicted octanol–water partition coefficient (Wildman–Crippen LogP) is 2.63. The fraction of sp³-hybridized carbons (Fsp3) is 0.412. The summed E-state index contributed by atoms with van der Waals surface area (Å²) in [4.78, 5) is 13.4. The molecule has 8 heteroatoms. The van der Waals surface area contributed by atoms with Crippen LogP contribution in [0.5, 0.6) is 0 Å². The smallest absolute Gasteiger partial charge is 0.379 e. The van der Waals surface area contributed by atoms with Crippen molar-refractivity contribution in [3.05, 3.63) is 47.3 Å². The molecule has 1 fully saturated rings. The fourth-order valence-corrected chi connectivity index (χ4v) is 3.02. The number of hydrogen-bond donors (Lipinski definition) is 1. The third-order valence-corrected chi connectivity index (χ3v) is 4.43. The second kappa shape index (κ2) is 5.87. The van der Waals surface area contributed by atoms with E-state index in [4.69, 9.17) is 0 Å². The standard InChI is InChI=1S/C17H18F3N3O2/c1-11-9-12(2)23(21-11)14-5-3-13(4-6-14)15(24)22-8-7-16(25,10-22)17(18,19)20/h3-6,9,25H,7-8,10H2,1-2H3. The number of aryl methyl sites for hydroxylation is 2. The van der Waals surface area contributed by atoms with E-state index in [9.17, 15) is 23.1 Å². The molecule has 0 saturated carbocycles. The minimum absolute atomic E-state index is 0.131. The summed E-state index contributed by atoms with van der Waals surface area (Å²) in [6.07, 6.45) is -5.26. The number of likely N-dealkylation sites (tertiary alicyclic amines) is 1. The Balaban J connectivity index is 1.77. The Hall–Kier alpha value is -2.35. The van der Waals surface area contributed by atoms with Gasteiger partial charge in [0.05, 0.1) is 17.9 Å². The van der Waals surface area contributed by atoms with Gasteiger partial charge in [-0.25, -0.2) is 4.68 Å². The summed E-state index contributed by atoms with van der Waals surface area (Å²) in [7, 11) is 0. The number of halogens is 3. The van der Waals surface area contributed by atoms with Crippen LogP contribution < -0.4 is 0 Å². The van der Waals surface area contributed by atoms with E-state index in [1.54, 1.807) is 28.9 Å². The number of aliphatic hydroxyl groups is 1. The van der Waals surface area contributed by atoms with E-state index in [0.717, 1.165) is 22.0 Å². The number of alkyl halides is 3. The maximum atomic E-state index is 12.9. The van der Waals surface area contributed by atoms with Crippen molar-refractivity contribution in [2.24, 2.45) is 0 Å². The Morgan fingerprint density at radius 1 is 1.24 bits per heavy atom. The molecule has 5 nitrogen and oxygen atoms in total. The van der Waals surface area contributed by atoms with Gasteiger partial charge < -0.3 is 10.0 Å². The lowest BCUT2D eigenvalue weighted by molar-refractivity contribution is -0.253. The molecule has 2 heterocycles. The molecule has 1 unspecified atom stereocenters. The van der Waals surface area contributed by atoms with Gasteiger partial charge in [-0.05, 0) is 44.2 Å². The summed E-state index contributed by atoms with van der Waals surface area (Å²) < 4.78 is 40.3. The normalized spacial score (nSPS) is 21.0. The number of benzene rings is 1. The van der Waals surface area contributed by atoms with Gasteiger partial charge in [-0.1, -0.05) is 0 Å². The number of carbonyl (C=O) groups excluding carboxylic acids is 1. The van der Waals surface area contributed by atoms with E-state index in [1.165, 1.54) is 0 Å². The summed E-state index contributed by atoms with van der Waals surface area (Å²) in [5.74, 6) is -0.528. The zero-order valence-corrected chi connectivity index (χ0v) is 13.8. The second-order valence-corrected chi connectivity index (χ2v) is 6.39. The van der Waals surface area contributed by atoms with Crippen molar-refractivity contribution < 1.29 is 23.1 Å². The molecule has 1 amide bonds. The highest BCUT2D eigenvalue weighted by Gasteiger charge is 2.57. The molecule has 1 aliphatic rings. The van der Waals surface area contributed by atoms with E-state index >= 15 is 0 Å². The number of hydrogen-bond acceptors (Lipinski definition) is 3. The van der Waals surface area contributed by atoms with Crippen molar-refractivity contribution in [1.29, 1.82) is 0 Å². The van der Waals surface area contributed by atoms with Crippen LogP contribution in [0.2, 0.25) is 0 Å². The van der Waals surface area contributed by atoms with Gasteiger partial charge in [0.1, 0.15) is 0 Å². The highest BCUT2D eigenvalue weighted by Crippen LogP contribution is 2.38. The molecule has 1 atom stereocenters. The van der Waals surface area contributed by atoms with E-state index < -0.39 is 30.7 Å². The average molecular weight is 353 g/mol. The van der Waals surface area contributed by atoms with Gasteiger partial charge in [0.15, 0.2) is 5.60 Å². The monoisotopic (exact) mass is 353 g/mol. The fourth-order valence-electron chi connectivity index (χ4n) is 3.02. The van der Waals surface area contributed by atoms with Gasteiger partial charge in [-0.2, -0.15) is 18.3 Å². The quantitative estimate of drug-likeness (QED) is 0.903. The van der Waals surface area contributed by atoms with Crippen LogP contribution in [0.4, 0.5) is 13.2 Å². The molecular weight excluding hydrogens is 335 g/mol. The van der Waals surface area contributed by atoms with Crippen molar-refractivity contribution in [1.82, 2.24) is 14.7 Å². The van der Waals surface area contributed by atoms with Gasteiger partial charge in [0.2, 0.25) is 0 Å². The number of β-amino-alcohol motifs (C(OH)–C–C–N with tert-alkyl or cyclic N) is 1. The SMILES string of the molecule is Cc1cc(C)n(-c2ccc(C(=O)N3CCC(O)(C(F)(F)F)C3)cc2)n1. The summed E-state index contributed by atoms with van der Waals surface area (Å²) in [6, 6.07) is 8.41. The molecule has 1 aromatic carbocycles. The first-order valence-corrected chi connectivity index (χ1v) is 7.83. The summed E-state index contributed by atoms with van der Waals surface area (Å²) >= 11 is 0. The van der Waals surface area contributed by atoms with Crippen molar-refractivity contribution in [2.75, 3.05) is 13.1 Å². The molecular formula is C17H18F3N3O2. The first-order valence-electron chi connectivity index (χ1n) is 7.83. The van der Waals surface area contributed by atoms with Gasteiger partial charge in [0.25, 0.3) is 5.91 Å². The van der Waals surface area contributed by atoms with Gasteiger partial charge in [-0.15, -0.1) is 0 Å². The predicted molar refractivity (Wildman–Crippen MR) is 84.6 cm³/mol. The van der Waals surface area contributed by atoms with Crippen LogP contribution in [-0.4, -0.2) is 50.6 Å². The number of carbonyl (C=O) groups is 1. The minimum atomic E-state index is -4.75. The van der Waals surface area contributed by atoms with E-state index in [0.29, 0.717) is 0 Å². The van der Waals surface area contributed by atoms with Crippen LogP contribution in [0.1, 0.15) is 28.2 Å². The Morgan fingerprint density at radius 3 is 2.36 bits per heavy atom. The molecule has 0 radical (unpaired) electrons. The largest absolute Gasteiger partial charge is 0.419 e. The number of amides is 1. The topological polar surface area (TPSA) is 58.4 Å². The molecule has 25 heavy (non-hydrogen) atoms. The lowest BCUT2D eigenvalue weighted by Crippen LogP contribution is -2.48. The van der Waals surface area contributed by atoms with Crippen LogP contribution in [-0.2, 0) is 0 Å². The molecule has 1 saturated heterocycles. The molecule has 1 N–H and O–H groups in total. The lowest BCUT2D eigenvalue weighted by Gasteiger charge is -2.25. The lowest BCUT2D eigenvalue weighted by atomic mass is 10.0. The number of nitrogens with zero attached hydrogens (tertiary/aromatic N) is 3. The van der Waals surface area contributed by atoms with Crippen molar-refractivity contribution in [3.8, 4) is 5.69 Å². The summed E-state index contributed by atoms with van der Waals surface area (Å²) in [5, 5.41) is 14.0. The van der Waals surface area contributed by atoms with Crippen LogP contribution in [0.3, 0.4) is 0 Å². The molecule has 134 valence electrons. The van der Waals surface area contributed by atoms with E-state index in [-0.39, 0.29) is 12.1 Å². The highest BCUT2D eigenvalue weighted by atomic mass is 19.4. The highest BCUT2D eigenvalue weighted by molar-refractivity contribution is 5.94. The Bertz CT molecular complexity index is 798. The minimum Gasteiger partial charge on any atom is -0.379 e. The third-order valence-electron chi connectivity index (χ3n) is 4.43. The average Bonchev–Trinajstić information content (AvgIpc) is 3.10. The van der Waals surface area contributed by atoms with Crippen LogP contribution >= 0.6 is 0 Å². The van der Waals surface area contributed by atoms with E-state index in [2.05, 4.69) is 5.10 Å². The molecule has 2 aromatic rings. The molecule has 3 rings (SSSR count). The first-order chi connectivity index (χ1) is 11.6. The van der Waals surface area contributed by atoms with Gasteiger partial charge in [-0.3, -0.25) is 4.79 Å². The Labute approximate surface area is 142 Å². The molecule has 0 bridgehead atoms. The number of rotatable bonds is 2. The zero-order chi connectivity index (χ0) is 18.4. The maximum Gasteiger partial charge on any atom is 0.419 e.